The molecule has 4 aromatic rings. The Morgan fingerprint density at radius 3 is 2.24 bits per heavy atom. The lowest BCUT2D eigenvalue weighted by Gasteiger charge is -2.24. The molecule has 0 saturated heterocycles. The minimum Gasteiger partial charge on any atom is -0.366 e. The number of non-ortho nitro benzene ring substituents is 1. The molecule has 0 radical (unpaired) electrons. The molecule has 0 aliphatic heterocycles. The Hall–Kier alpha value is -4.46. The van der Waals surface area contributed by atoms with Crippen LogP contribution in [-0.2, 0) is 10.0 Å². The van der Waals surface area contributed by atoms with Gasteiger partial charge in [0, 0.05) is 33.9 Å². The van der Waals surface area contributed by atoms with Gasteiger partial charge in [0.15, 0.2) is 0 Å². The molecule has 3 aromatic carbocycles. The molecule has 13 heteroatoms. The molecule has 1 aromatic heterocycles. The van der Waals surface area contributed by atoms with Crippen LogP contribution >= 0.6 is 15.9 Å². The third kappa shape index (κ3) is 5.44. The summed E-state index contributed by atoms with van der Waals surface area (Å²) < 4.78 is 24.6. The lowest BCUT2D eigenvalue weighted by molar-refractivity contribution is -0.384. The number of pyridine rings is 1. The van der Waals surface area contributed by atoms with Crippen LogP contribution in [0, 0.1) is 10.1 Å². The van der Waals surface area contributed by atoms with Gasteiger partial charge in [-0.15, -0.1) is 0 Å². The van der Waals surface area contributed by atoms with E-state index in [0.717, 1.165) is 17.0 Å². The lowest BCUT2D eigenvalue weighted by Crippen LogP contribution is -2.29. The van der Waals surface area contributed by atoms with Gasteiger partial charge in [-0.1, -0.05) is 30.3 Å². The van der Waals surface area contributed by atoms with E-state index in [2.05, 4.69) is 20.9 Å². The molecule has 0 aliphatic rings. The number of primary sulfonamides is 1. The summed E-state index contributed by atoms with van der Waals surface area (Å²) in [5.41, 5.74) is 5.83. The number of halogens is 1. The molecule has 38 heavy (non-hydrogen) atoms. The van der Waals surface area contributed by atoms with Crippen LogP contribution < -0.4 is 15.8 Å². The molecule has 0 spiro atoms. The number of carbonyl (C=O) groups excluding carboxylic acids is 2. The molecule has 0 unspecified atom stereocenters. The maximum Gasteiger partial charge on any atom is 0.271 e. The van der Waals surface area contributed by atoms with Gasteiger partial charge in [0.25, 0.3) is 17.5 Å². The summed E-state index contributed by atoms with van der Waals surface area (Å²) in [7, 11) is -4.01. The van der Waals surface area contributed by atoms with E-state index in [9.17, 15) is 28.1 Å². The van der Waals surface area contributed by atoms with Gasteiger partial charge < -0.3 is 5.73 Å². The van der Waals surface area contributed by atoms with Crippen LogP contribution in [0.2, 0.25) is 0 Å². The van der Waals surface area contributed by atoms with Crippen LogP contribution in [0.25, 0.3) is 11.1 Å². The summed E-state index contributed by atoms with van der Waals surface area (Å²) in [5, 5.41) is 16.8. The average Bonchev–Trinajstić information content (AvgIpc) is 2.89. The van der Waals surface area contributed by atoms with E-state index in [-0.39, 0.29) is 33.2 Å². The minimum atomic E-state index is -4.01. The van der Waals surface area contributed by atoms with Crippen LogP contribution in [0.5, 0.6) is 0 Å². The standard InChI is InChI=1S/C25H18BrN5O6S/c26-17-9-12-23(29-14-17)30(21-13-18(31(34)35)10-11-20(21)24(27)32)25(33)16-7-5-15(6-8-16)19-3-1-2-4-22(19)38(28,36)37/h1-14H,(H2,27,32)(H2,28,36,37). The second kappa shape index (κ2) is 10.5. The van der Waals surface area contributed by atoms with Crippen molar-refractivity contribution in [1.29, 1.82) is 0 Å². The van der Waals surface area contributed by atoms with Gasteiger partial charge >= 0.3 is 0 Å². The number of hydrogen-bond acceptors (Lipinski definition) is 7. The monoisotopic (exact) mass is 595 g/mol. The first-order valence-electron chi connectivity index (χ1n) is 10.7. The maximum absolute atomic E-state index is 13.8. The van der Waals surface area contributed by atoms with Gasteiger partial charge in [-0.3, -0.25) is 24.6 Å². The number of benzene rings is 3. The third-order valence-corrected chi connectivity index (χ3v) is 6.92. The molecule has 11 nitrogen and oxygen atoms in total. The van der Waals surface area contributed by atoms with E-state index < -0.39 is 26.8 Å². The predicted octanol–water partition coefficient (Wildman–Crippen LogP) is 4.14. The zero-order valence-corrected chi connectivity index (χ0v) is 21.7. The number of rotatable bonds is 7. The van der Waals surface area contributed by atoms with Crippen molar-refractivity contribution in [3.8, 4) is 11.1 Å². The minimum absolute atomic E-state index is 0.0739. The Bertz CT molecular complexity index is 1680. The zero-order valence-electron chi connectivity index (χ0n) is 19.3. The molecule has 0 atom stereocenters. The molecule has 0 fully saturated rings. The highest BCUT2D eigenvalue weighted by Crippen LogP contribution is 2.34. The van der Waals surface area contributed by atoms with Crippen molar-refractivity contribution in [1.82, 2.24) is 4.98 Å². The summed E-state index contributed by atoms with van der Waals surface area (Å²) in [4.78, 5) is 42.0. The fourth-order valence-electron chi connectivity index (χ4n) is 3.74. The van der Waals surface area contributed by atoms with Crippen LogP contribution in [0.1, 0.15) is 20.7 Å². The van der Waals surface area contributed by atoms with E-state index in [4.69, 9.17) is 10.9 Å². The van der Waals surface area contributed by atoms with E-state index >= 15 is 0 Å². The fourth-order valence-corrected chi connectivity index (χ4v) is 4.73. The van der Waals surface area contributed by atoms with Gasteiger partial charge in [0.05, 0.1) is 21.1 Å². The Labute approximate surface area is 225 Å². The molecule has 192 valence electrons. The highest BCUT2D eigenvalue weighted by Gasteiger charge is 2.27. The molecule has 0 bridgehead atoms. The van der Waals surface area contributed by atoms with Crippen molar-refractivity contribution in [2.45, 2.75) is 4.90 Å². The number of anilines is 2. The molecule has 2 amide bonds. The lowest BCUT2D eigenvalue weighted by atomic mass is 10.0. The third-order valence-electron chi connectivity index (χ3n) is 5.48. The van der Waals surface area contributed by atoms with Gasteiger partial charge in [0.1, 0.15) is 5.82 Å². The van der Waals surface area contributed by atoms with Crippen LogP contribution in [0.15, 0.2) is 94.4 Å². The SMILES string of the molecule is NC(=O)c1ccc([N+](=O)[O-])cc1N(C(=O)c1ccc(-c2ccccc2S(N)(=O)=O)cc1)c1ccc(Br)cn1. The molecule has 1 heterocycles. The highest BCUT2D eigenvalue weighted by atomic mass is 79.9. The summed E-state index contributed by atoms with van der Waals surface area (Å²) in [6, 6.07) is 18.6. The molecule has 4 rings (SSSR count). The van der Waals surface area contributed by atoms with E-state index in [1.54, 1.807) is 24.3 Å². The number of nitrogens with zero attached hydrogens (tertiary/aromatic N) is 3. The van der Waals surface area contributed by atoms with Gasteiger partial charge in [-0.05, 0) is 57.9 Å². The number of aromatic nitrogens is 1. The Balaban J connectivity index is 1.85. The number of amides is 2. The number of nitro benzene ring substituents is 1. The van der Waals surface area contributed by atoms with E-state index in [0.29, 0.717) is 15.6 Å². The summed E-state index contributed by atoms with van der Waals surface area (Å²) in [5.74, 6) is -1.50. The molecule has 0 aliphatic carbocycles. The number of primary amides is 1. The Morgan fingerprint density at radius 2 is 1.66 bits per heavy atom. The maximum atomic E-state index is 13.8. The van der Waals surface area contributed by atoms with Crippen LogP contribution in [0.4, 0.5) is 17.2 Å². The summed E-state index contributed by atoms with van der Waals surface area (Å²) >= 11 is 3.27. The second-order valence-corrected chi connectivity index (χ2v) is 10.4. The fraction of sp³-hybridized carbons (Fsp3) is 0. The number of hydrogen-bond donors (Lipinski definition) is 2. The van der Waals surface area contributed by atoms with Gasteiger partial charge in [-0.25, -0.2) is 18.5 Å². The number of sulfonamides is 1. The highest BCUT2D eigenvalue weighted by molar-refractivity contribution is 9.10. The Morgan fingerprint density at radius 1 is 0.974 bits per heavy atom. The first-order valence-corrected chi connectivity index (χ1v) is 13.1. The van der Waals surface area contributed by atoms with E-state index in [1.807, 2.05) is 0 Å². The Kier molecular flexibility index (Phi) is 7.35. The first kappa shape index (κ1) is 26.6. The smallest absolute Gasteiger partial charge is 0.271 e. The summed E-state index contributed by atoms with van der Waals surface area (Å²) in [6.45, 7) is 0. The topological polar surface area (TPSA) is 180 Å². The number of carbonyl (C=O) groups is 2. The zero-order chi connectivity index (χ0) is 27.6. The number of nitrogens with two attached hydrogens (primary N) is 2. The molecular weight excluding hydrogens is 578 g/mol. The van der Waals surface area contributed by atoms with E-state index in [1.165, 1.54) is 48.7 Å². The van der Waals surface area contributed by atoms with Crippen molar-refractivity contribution < 1.29 is 22.9 Å². The van der Waals surface area contributed by atoms with Crippen LogP contribution in [-0.4, -0.2) is 30.1 Å². The quantitative estimate of drug-likeness (QED) is 0.238. The number of nitro groups is 1. The van der Waals surface area contributed by atoms with Crippen LogP contribution in [0.3, 0.4) is 0 Å². The molecular formula is C25H18BrN5O6S. The van der Waals surface area contributed by atoms with Crippen molar-refractivity contribution >= 4 is 55.0 Å². The molecule has 0 saturated carbocycles. The van der Waals surface area contributed by atoms with Gasteiger partial charge in [0.2, 0.25) is 10.0 Å². The second-order valence-electron chi connectivity index (χ2n) is 7.92. The van der Waals surface area contributed by atoms with Crippen molar-refractivity contribution in [2.75, 3.05) is 4.90 Å². The van der Waals surface area contributed by atoms with Crippen molar-refractivity contribution in [3.63, 3.8) is 0 Å². The largest absolute Gasteiger partial charge is 0.366 e. The first-order chi connectivity index (χ1) is 18.0. The van der Waals surface area contributed by atoms with Crippen molar-refractivity contribution in [2.24, 2.45) is 10.9 Å². The predicted molar refractivity (Wildman–Crippen MR) is 143 cm³/mol. The van der Waals surface area contributed by atoms with Crippen molar-refractivity contribution in [3.05, 3.63) is 111 Å². The van der Waals surface area contributed by atoms with Gasteiger partial charge in [-0.2, -0.15) is 0 Å². The molecule has 4 N–H and O–H groups in total. The summed E-state index contributed by atoms with van der Waals surface area (Å²) in [6.07, 6.45) is 1.42. The normalized spacial score (nSPS) is 11.1. The average molecular weight is 596 g/mol.